The summed E-state index contributed by atoms with van der Waals surface area (Å²) in [5.41, 5.74) is 7.39. The third kappa shape index (κ3) is 3.01. The third-order valence-corrected chi connectivity index (χ3v) is 5.03. The molecule has 2 aromatic carbocycles. The van der Waals surface area contributed by atoms with E-state index in [9.17, 15) is 0 Å². The lowest BCUT2D eigenvalue weighted by Gasteiger charge is -2.14. The lowest BCUT2D eigenvalue weighted by Crippen LogP contribution is -2.12. The van der Waals surface area contributed by atoms with Gasteiger partial charge in [-0.1, -0.05) is 29.8 Å². The second kappa shape index (κ2) is 6.00. The summed E-state index contributed by atoms with van der Waals surface area (Å²) in [6.45, 7) is 0.600. The van der Waals surface area contributed by atoms with Crippen LogP contribution in [-0.4, -0.2) is 18.2 Å². The van der Waals surface area contributed by atoms with Crippen LogP contribution in [0.2, 0.25) is 5.02 Å². The lowest BCUT2D eigenvalue weighted by atomic mass is 10.0. The van der Waals surface area contributed by atoms with Crippen LogP contribution in [0.15, 0.2) is 47.4 Å². The van der Waals surface area contributed by atoms with Crippen LogP contribution in [0.4, 0.5) is 0 Å². The molecular formula is C16H15ClN2OS. The van der Waals surface area contributed by atoms with Gasteiger partial charge < -0.3 is 10.5 Å². The molecule has 0 aliphatic carbocycles. The number of rotatable bonds is 4. The molecule has 3 nitrogen and oxygen atoms in total. The monoisotopic (exact) mass is 318 g/mol. The quantitative estimate of drug-likeness (QED) is 0.664. The SMILES string of the molecule is N=C(N)c1ccc(OCC2CSc3ccccc32)c(Cl)c1. The van der Waals surface area contributed by atoms with Gasteiger partial charge in [-0.2, -0.15) is 0 Å². The van der Waals surface area contributed by atoms with Crippen LogP contribution in [0.3, 0.4) is 0 Å². The number of nitrogens with one attached hydrogen (secondary N) is 1. The fraction of sp³-hybridized carbons (Fsp3) is 0.188. The van der Waals surface area contributed by atoms with E-state index in [1.807, 2.05) is 11.8 Å². The number of benzene rings is 2. The Morgan fingerprint density at radius 3 is 2.90 bits per heavy atom. The van der Waals surface area contributed by atoms with Crippen molar-refractivity contribution in [3.8, 4) is 5.75 Å². The zero-order valence-corrected chi connectivity index (χ0v) is 12.9. The molecule has 0 radical (unpaired) electrons. The summed E-state index contributed by atoms with van der Waals surface area (Å²) in [4.78, 5) is 1.34. The van der Waals surface area contributed by atoms with Gasteiger partial charge in [0, 0.05) is 22.1 Å². The molecule has 1 aliphatic rings. The largest absolute Gasteiger partial charge is 0.491 e. The number of nitrogen functional groups attached to an aromatic ring is 1. The standard InChI is InChI=1S/C16H15ClN2OS/c17-13-7-10(16(18)19)5-6-14(13)20-8-11-9-21-15-4-2-1-3-12(11)15/h1-7,11H,8-9H2,(H3,18,19). The normalized spacial score (nSPS) is 16.5. The van der Waals surface area contributed by atoms with Gasteiger partial charge in [-0.15, -0.1) is 11.8 Å². The van der Waals surface area contributed by atoms with Crippen LogP contribution >= 0.6 is 23.4 Å². The summed E-state index contributed by atoms with van der Waals surface area (Å²) in [5, 5.41) is 7.88. The van der Waals surface area contributed by atoms with Crippen molar-refractivity contribution in [2.75, 3.05) is 12.4 Å². The van der Waals surface area contributed by atoms with Gasteiger partial charge in [-0.25, -0.2) is 0 Å². The summed E-state index contributed by atoms with van der Waals surface area (Å²) < 4.78 is 5.86. The molecule has 0 amide bonds. The molecule has 1 unspecified atom stereocenters. The van der Waals surface area contributed by atoms with E-state index in [4.69, 9.17) is 27.5 Å². The number of amidine groups is 1. The van der Waals surface area contributed by atoms with Crippen molar-refractivity contribution in [3.05, 3.63) is 58.6 Å². The molecule has 0 bridgehead atoms. The summed E-state index contributed by atoms with van der Waals surface area (Å²) >= 11 is 8.04. The second-order valence-electron chi connectivity index (χ2n) is 4.92. The van der Waals surface area contributed by atoms with Crippen molar-refractivity contribution in [2.24, 2.45) is 5.73 Å². The lowest BCUT2D eigenvalue weighted by molar-refractivity contribution is 0.298. The predicted octanol–water partition coefficient (Wildman–Crippen LogP) is 3.89. The van der Waals surface area contributed by atoms with Crippen LogP contribution in [0.1, 0.15) is 17.0 Å². The van der Waals surface area contributed by atoms with Crippen LogP contribution in [0.25, 0.3) is 0 Å². The first kappa shape index (κ1) is 14.3. The van der Waals surface area contributed by atoms with Crippen molar-refractivity contribution in [2.45, 2.75) is 10.8 Å². The Morgan fingerprint density at radius 2 is 2.14 bits per heavy atom. The number of fused-ring (bicyclic) bond motifs is 1. The van der Waals surface area contributed by atoms with E-state index in [0.717, 1.165) is 5.75 Å². The van der Waals surface area contributed by atoms with E-state index in [2.05, 4.69) is 24.3 Å². The predicted molar refractivity (Wildman–Crippen MR) is 87.9 cm³/mol. The second-order valence-corrected chi connectivity index (χ2v) is 6.38. The number of thioether (sulfide) groups is 1. The van der Waals surface area contributed by atoms with Gasteiger partial charge in [-0.05, 0) is 29.8 Å². The fourth-order valence-corrected chi connectivity index (χ4v) is 3.81. The first-order valence-corrected chi connectivity index (χ1v) is 8.00. The maximum absolute atomic E-state index is 7.40. The first-order chi connectivity index (χ1) is 10.1. The van der Waals surface area contributed by atoms with E-state index in [0.29, 0.717) is 28.9 Å². The van der Waals surface area contributed by atoms with Gasteiger partial charge >= 0.3 is 0 Å². The molecule has 3 rings (SSSR count). The highest BCUT2D eigenvalue weighted by molar-refractivity contribution is 7.99. The Hall–Kier alpha value is -1.65. The molecule has 1 atom stereocenters. The maximum Gasteiger partial charge on any atom is 0.137 e. The zero-order chi connectivity index (χ0) is 14.8. The minimum absolute atomic E-state index is 0.00423. The number of hydrogen-bond acceptors (Lipinski definition) is 3. The summed E-state index contributed by atoms with van der Waals surface area (Å²) in [5.74, 6) is 2.05. The summed E-state index contributed by atoms with van der Waals surface area (Å²) in [6, 6.07) is 13.6. The van der Waals surface area contributed by atoms with Crippen molar-refractivity contribution in [1.29, 1.82) is 5.41 Å². The van der Waals surface area contributed by atoms with E-state index < -0.39 is 0 Å². The average Bonchev–Trinajstić information content (AvgIpc) is 2.89. The first-order valence-electron chi connectivity index (χ1n) is 6.63. The average molecular weight is 319 g/mol. The Balaban J connectivity index is 1.70. The Labute approximate surface area is 133 Å². The van der Waals surface area contributed by atoms with Crippen molar-refractivity contribution in [1.82, 2.24) is 0 Å². The zero-order valence-electron chi connectivity index (χ0n) is 11.3. The Morgan fingerprint density at radius 1 is 1.33 bits per heavy atom. The molecule has 0 spiro atoms. The number of hydrogen-bond donors (Lipinski definition) is 2. The van der Waals surface area contributed by atoms with Crippen LogP contribution in [0, 0.1) is 5.41 Å². The van der Waals surface area contributed by atoms with Crippen LogP contribution < -0.4 is 10.5 Å². The Bertz CT molecular complexity index is 690. The topological polar surface area (TPSA) is 59.1 Å². The molecule has 5 heteroatoms. The van der Waals surface area contributed by atoms with Crippen LogP contribution in [-0.2, 0) is 0 Å². The van der Waals surface area contributed by atoms with Crippen molar-refractivity contribution < 1.29 is 4.74 Å². The summed E-state index contributed by atoms with van der Waals surface area (Å²) in [7, 11) is 0. The van der Waals surface area contributed by atoms with Gasteiger partial charge in [0.2, 0.25) is 0 Å². The highest BCUT2D eigenvalue weighted by Gasteiger charge is 2.23. The smallest absolute Gasteiger partial charge is 0.137 e. The number of halogens is 1. The number of nitrogens with two attached hydrogens (primary N) is 1. The fourth-order valence-electron chi connectivity index (χ4n) is 2.34. The van der Waals surface area contributed by atoms with E-state index in [-0.39, 0.29) is 5.84 Å². The molecule has 3 N–H and O–H groups in total. The minimum Gasteiger partial charge on any atom is -0.491 e. The molecule has 1 aliphatic heterocycles. The van der Waals surface area contributed by atoms with Gasteiger partial charge in [0.1, 0.15) is 11.6 Å². The van der Waals surface area contributed by atoms with E-state index >= 15 is 0 Å². The van der Waals surface area contributed by atoms with Crippen molar-refractivity contribution in [3.63, 3.8) is 0 Å². The Kier molecular flexibility index (Phi) is 4.08. The molecule has 1 heterocycles. The van der Waals surface area contributed by atoms with E-state index in [1.165, 1.54) is 10.5 Å². The molecular weight excluding hydrogens is 304 g/mol. The van der Waals surface area contributed by atoms with Crippen LogP contribution in [0.5, 0.6) is 5.75 Å². The van der Waals surface area contributed by atoms with Gasteiger partial charge in [-0.3, -0.25) is 5.41 Å². The van der Waals surface area contributed by atoms with Gasteiger partial charge in [0.15, 0.2) is 0 Å². The molecule has 0 saturated carbocycles. The highest BCUT2D eigenvalue weighted by Crippen LogP contribution is 2.39. The summed E-state index contributed by atoms with van der Waals surface area (Å²) in [6.07, 6.45) is 0. The highest BCUT2D eigenvalue weighted by atomic mass is 35.5. The van der Waals surface area contributed by atoms with Gasteiger partial charge in [0.05, 0.1) is 11.6 Å². The molecule has 21 heavy (non-hydrogen) atoms. The molecule has 0 saturated heterocycles. The molecule has 108 valence electrons. The third-order valence-electron chi connectivity index (χ3n) is 3.48. The molecule has 2 aromatic rings. The van der Waals surface area contributed by atoms with E-state index in [1.54, 1.807) is 18.2 Å². The van der Waals surface area contributed by atoms with Crippen molar-refractivity contribution >= 4 is 29.2 Å². The maximum atomic E-state index is 7.40. The minimum atomic E-state index is 0.00423. The van der Waals surface area contributed by atoms with Gasteiger partial charge in [0.25, 0.3) is 0 Å². The number of ether oxygens (including phenoxy) is 1. The molecule has 0 aromatic heterocycles. The molecule has 0 fully saturated rings.